The number of aliphatic imine (C=N–C) groups is 1. The van der Waals surface area contributed by atoms with Crippen LogP contribution in [0.5, 0.6) is 0 Å². The van der Waals surface area contributed by atoms with Gasteiger partial charge in [0, 0.05) is 37.8 Å². The van der Waals surface area contributed by atoms with Gasteiger partial charge in [-0.1, -0.05) is 6.08 Å². The van der Waals surface area contributed by atoms with Crippen molar-refractivity contribution in [3.05, 3.63) is 12.7 Å². The summed E-state index contributed by atoms with van der Waals surface area (Å²) in [6, 6.07) is 0. The maximum atomic E-state index is 5.67. The summed E-state index contributed by atoms with van der Waals surface area (Å²) < 4.78 is 5.20. The summed E-state index contributed by atoms with van der Waals surface area (Å²) >= 11 is 1.82. The first-order chi connectivity index (χ1) is 7.81. The van der Waals surface area contributed by atoms with Gasteiger partial charge in [0.1, 0.15) is 0 Å². The predicted molar refractivity (Wildman–Crippen MR) is 73.1 cm³/mol. The number of rotatable bonds is 10. The summed E-state index contributed by atoms with van der Waals surface area (Å²) in [5, 5.41) is 3.06. The molecular weight excluding hydrogens is 222 g/mol. The van der Waals surface area contributed by atoms with Crippen LogP contribution < -0.4 is 11.1 Å². The van der Waals surface area contributed by atoms with Crippen LogP contribution >= 0.6 is 11.8 Å². The van der Waals surface area contributed by atoms with Crippen molar-refractivity contribution in [1.82, 2.24) is 5.32 Å². The van der Waals surface area contributed by atoms with Gasteiger partial charge in [-0.05, 0) is 13.3 Å². The van der Waals surface area contributed by atoms with Gasteiger partial charge in [0.25, 0.3) is 0 Å². The van der Waals surface area contributed by atoms with Gasteiger partial charge in [-0.2, -0.15) is 11.8 Å². The fraction of sp³-hybridized carbons (Fsp3) is 0.727. The van der Waals surface area contributed by atoms with Crippen molar-refractivity contribution in [2.45, 2.75) is 13.3 Å². The molecule has 0 heterocycles. The second-order valence-corrected chi connectivity index (χ2v) is 4.26. The van der Waals surface area contributed by atoms with Gasteiger partial charge in [0.15, 0.2) is 5.96 Å². The van der Waals surface area contributed by atoms with Gasteiger partial charge in [-0.15, -0.1) is 6.58 Å². The molecule has 0 spiro atoms. The minimum Gasteiger partial charge on any atom is -0.382 e. The molecule has 0 aliphatic rings. The highest BCUT2D eigenvalue weighted by molar-refractivity contribution is 7.99. The first-order valence-corrected chi connectivity index (χ1v) is 6.77. The second kappa shape index (κ2) is 12.4. The molecule has 0 aliphatic heterocycles. The molecule has 4 nitrogen and oxygen atoms in total. The average molecular weight is 245 g/mol. The van der Waals surface area contributed by atoms with Crippen molar-refractivity contribution < 1.29 is 4.74 Å². The molecule has 0 aromatic carbocycles. The molecule has 0 amide bonds. The molecule has 0 atom stereocenters. The number of guanidine groups is 1. The summed E-state index contributed by atoms with van der Waals surface area (Å²) in [5.74, 6) is 2.52. The molecular formula is C11H23N3OS. The number of hydrogen-bond donors (Lipinski definition) is 2. The van der Waals surface area contributed by atoms with Crippen LogP contribution in [0.3, 0.4) is 0 Å². The molecule has 0 fully saturated rings. The van der Waals surface area contributed by atoms with Crippen LogP contribution in [0.1, 0.15) is 13.3 Å². The van der Waals surface area contributed by atoms with E-state index in [0.717, 1.165) is 44.2 Å². The highest BCUT2D eigenvalue weighted by Gasteiger charge is 1.91. The van der Waals surface area contributed by atoms with E-state index in [0.29, 0.717) is 5.96 Å². The number of thioether (sulfide) groups is 1. The summed E-state index contributed by atoms with van der Waals surface area (Å²) in [6.45, 7) is 8.72. The van der Waals surface area contributed by atoms with E-state index in [2.05, 4.69) is 16.9 Å². The van der Waals surface area contributed by atoms with Gasteiger partial charge >= 0.3 is 0 Å². The number of nitrogens with two attached hydrogens (primary N) is 1. The molecule has 0 unspecified atom stereocenters. The van der Waals surface area contributed by atoms with E-state index in [4.69, 9.17) is 10.5 Å². The van der Waals surface area contributed by atoms with Crippen LogP contribution in [0.2, 0.25) is 0 Å². The molecule has 0 aromatic rings. The van der Waals surface area contributed by atoms with Crippen molar-refractivity contribution in [3.8, 4) is 0 Å². The Morgan fingerprint density at radius 3 is 3.12 bits per heavy atom. The van der Waals surface area contributed by atoms with E-state index < -0.39 is 0 Å². The maximum absolute atomic E-state index is 5.67. The van der Waals surface area contributed by atoms with Crippen molar-refractivity contribution in [2.75, 3.05) is 37.8 Å². The van der Waals surface area contributed by atoms with Gasteiger partial charge in [-0.25, -0.2) is 0 Å². The fourth-order valence-electron chi connectivity index (χ4n) is 0.984. The summed E-state index contributed by atoms with van der Waals surface area (Å²) in [5.41, 5.74) is 5.67. The van der Waals surface area contributed by atoms with Gasteiger partial charge < -0.3 is 15.8 Å². The van der Waals surface area contributed by atoms with Crippen molar-refractivity contribution in [3.63, 3.8) is 0 Å². The predicted octanol–water partition coefficient (Wildman–Crippen LogP) is 1.24. The van der Waals surface area contributed by atoms with Crippen LogP contribution in [0.15, 0.2) is 17.6 Å². The number of nitrogens with one attached hydrogen (secondary N) is 1. The lowest BCUT2D eigenvalue weighted by Crippen LogP contribution is -2.33. The van der Waals surface area contributed by atoms with Crippen molar-refractivity contribution >= 4 is 17.7 Å². The Labute approximate surface area is 103 Å². The largest absolute Gasteiger partial charge is 0.382 e. The zero-order valence-corrected chi connectivity index (χ0v) is 10.9. The van der Waals surface area contributed by atoms with Crippen molar-refractivity contribution in [2.24, 2.45) is 10.7 Å². The summed E-state index contributed by atoms with van der Waals surface area (Å²) in [6.07, 6.45) is 2.82. The standard InChI is InChI=1S/C11H23N3OS/c1-3-9-16-10-7-14-11(12)13-6-5-8-15-4-2/h3H,1,4-10H2,2H3,(H3,12,13,14). The molecule has 0 aromatic heterocycles. The van der Waals surface area contributed by atoms with E-state index in [1.165, 1.54) is 0 Å². The van der Waals surface area contributed by atoms with E-state index in [1.807, 2.05) is 24.8 Å². The lowest BCUT2D eigenvalue weighted by molar-refractivity contribution is 0.146. The second-order valence-electron chi connectivity index (χ2n) is 3.11. The maximum Gasteiger partial charge on any atom is 0.188 e. The minimum atomic E-state index is 0.524. The van der Waals surface area contributed by atoms with Crippen molar-refractivity contribution in [1.29, 1.82) is 0 Å². The Morgan fingerprint density at radius 2 is 2.44 bits per heavy atom. The monoisotopic (exact) mass is 245 g/mol. The Bertz CT molecular complexity index is 198. The quantitative estimate of drug-likeness (QED) is 0.263. The van der Waals surface area contributed by atoms with E-state index in [1.54, 1.807) is 0 Å². The first-order valence-electron chi connectivity index (χ1n) is 5.61. The minimum absolute atomic E-state index is 0.524. The molecule has 0 aliphatic carbocycles. The van der Waals surface area contributed by atoms with Gasteiger partial charge in [0.2, 0.25) is 0 Å². The molecule has 0 rings (SSSR count). The summed E-state index contributed by atoms with van der Waals surface area (Å²) in [4.78, 5) is 4.19. The van der Waals surface area contributed by atoms with Crippen LogP contribution in [0, 0.1) is 0 Å². The molecule has 0 bridgehead atoms. The normalized spacial score (nSPS) is 11.4. The molecule has 3 N–H and O–H groups in total. The Kier molecular flexibility index (Phi) is 11.9. The molecule has 0 saturated carbocycles. The van der Waals surface area contributed by atoms with Gasteiger partial charge in [0.05, 0.1) is 0 Å². The average Bonchev–Trinajstić information content (AvgIpc) is 2.28. The number of hydrogen-bond acceptors (Lipinski definition) is 3. The molecule has 94 valence electrons. The summed E-state index contributed by atoms with van der Waals surface area (Å²) in [7, 11) is 0. The lowest BCUT2D eigenvalue weighted by atomic mass is 10.4. The first kappa shape index (κ1) is 15.3. The van der Waals surface area contributed by atoms with Crippen LogP contribution in [-0.2, 0) is 4.74 Å². The molecule has 0 radical (unpaired) electrons. The zero-order chi connectivity index (χ0) is 12.1. The van der Waals surface area contributed by atoms with Crippen LogP contribution in [0.4, 0.5) is 0 Å². The van der Waals surface area contributed by atoms with E-state index >= 15 is 0 Å². The Morgan fingerprint density at radius 1 is 1.62 bits per heavy atom. The van der Waals surface area contributed by atoms with Gasteiger partial charge in [-0.3, -0.25) is 4.99 Å². The van der Waals surface area contributed by atoms with E-state index in [9.17, 15) is 0 Å². The zero-order valence-electron chi connectivity index (χ0n) is 10.1. The third kappa shape index (κ3) is 11.4. The highest BCUT2D eigenvalue weighted by Crippen LogP contribution is 1.96. The number of nitrogens with zero attached hydrogens (tertiary/aromatic N) is 1. The molecule has 5 heteroatoms. The fourth-order valence-corrected chi connectivity index (χ4v) is 1.56. The van der Waals surface area contributed by atoms with Crippen LogP contribution in [0.25, 0.3) is 0 Å². The third-order valence-corrected chi connectivity index (χ3v) is 2.69. The molecule has 16 heavy (non-hydrogen) atoms. The van der Waals surface area contributed by atoms with Crippen LogP contribution in [-0.4, -0.2) is 43.8 Å². The smallest absolute Gasteiger partial charge is 0.188 e. The number of ether oxygens (including phenoxy) is 1. The Balaban J connectivity index is 3.30. The topological polar surface area (TPSA) is 59.6 Å². The Hall–Kier alpha value is -0.680. The molecule has 0 saturated heterocycles. The van der Waals surface area contributed by atoms with E-state index in [-0.39, 0.29) is 0 Å². The third-order valence-electron chi connectivity index (χ3n) is 1.72. The lowest BCUT2D eigenvalue weighted by Gasteiger charge is -2.04. The SMILES string of the molecule is C=CCSCCNC(N)=NCCCOCC. The highest BCUT2D eigenvalue weighted by atomic mass is 32.2.